The second kappa shape index (κ2) is 5.41. The molecule has 1 aliphatic carbocycles. The van der Waals surface area contributed by atoms with E-state index < -0.39 is 0 Å². The summed E-state index contributed by atoms with van der Waals surface area (Å²) in [6.45, 7) is 3.82. The summed E-state index contributed by atoms with van der Waals surface area (Å²) in [5.74, 6) is 2.00. The van der Waals surface area contributed by atoms with Gasteiger partial charge in [-0.25, -0.2) is 0 Å². The predicted octanol–water partition coefficient (Wildman–Crippen LogP) is 2.81. The zero-order chi connectivity index (χ0) is 12.4. The molecule has 3 atom stereocenters. The molecule has 0 aromatic heterocycles. The first-order chi connectivity index (χ1) is 8.83. The second-order valence-electron chi connectivity index (χ2n) is 6.02. The summed E-state index contributed by atoms with van der Waals surface area (Å²) in [7, 11) is 0. The molecular weight excluding hydrogens is 220 g/mol. The first-order valence-corrected chi connectivity index (χ1v) is 7.36. The Balaban J connectivity index is 1.47. The molecule has 0 bridgehead atoms. The lowest BCUT2D eigenvalue weighted by Gasteiger charge is -2.19. The molecule has 2 fully saturated rings. The molecule has 98 valence electrons. The molecule has 0 spiro atoms. The lowest BCUT2D eigenvalue weighted by atomic mass is 10.0. The Morgan fingerprint density at radius 2 is 1.78 bits per heavy atom. The van der Waals surface area contributed by atoms with Crippen LogP contribution in [0.25, 0.3) is 0 Å². The summed E-state index contributed by atoms with van der Waals surface area (Å²) in [5.41, 5.74) is 7.54. The summed E-state index contributed by atoms with van der Waals surface area (Å²) in [6.07, 6.45) is 5.48. The molecule has 1 aromatic rings. The maximum atomic E-state index is 6.26. The van der Waals surface area contributed by atoms with E-state index in [1.54, 1.807) is 0 Å². The summed E-state index contributed by atoms with van der Waals surface area (Å²) in [5, 5.41) is 0. The molecule has 1 aliphatic heterocycles. The second-order valence-corrected chi connectivity index (χ2v) is 6.02. The molecule has 2 N–H and O–H groups in total. The Morgan fingerprint density at radius 3 is 2.44 bits per heavy atom. The van der Waals surface area contributed by atoms with Crippen molar-refractivity contribution in [3.05, 3.63) is 35.9 Å². The number of fused-ring (bicyclic) bond motifs is 1. The number of rotatable bonds is 4. The fourth-order valence-electron chi connectivity index (χ4n) is 3.70. The minimum atomic E-state index is 0.201. The van der Waals surface area contributed by atoms with Crippen molar-refractivity contribution in [2.45, 2.75) is 31.7 Å². The first-order valence-electron chi connectivity index (χ1n) is 7.36. The van der Waals surface area contributed by atoms with E-state index in [0.717, 1.165) is 18.3 Å². The van der Waals surface area contributed by atoms with Crippen molar-refractivity contribution in [3.63, 3.8) is 0 Å². The molecule has 0 amide bonds. The van der Waals surface area contributed by atoms with Crippen LogP contribution >= 0.6 is 0 Å². The molecule has 0 radical (unpaired) electrons. The number of benzene rings is 1. The topological polar surface area (TPSA) is 29.3 Å². The highest BCUT2D eigenvalue weighted by atomic mass is 15.2. The zero-order valence-corrected chi connectivity index (χ0v) is 11.1. The largest absolute Gasteiger partial charge is 0.324 e. The van der Waals surface area contributed by atoms with Crippen LogP contribution in [0.1, 0.15) is 37.3 Å². The Bertz CT molecular complexity index is 364. The zero-order valence-electron chi connectivity index (χ0n) is 11.1. The molecule has 1 saturated carbocycles. The van der Waals surface area contributed by atoms with Crippen molar-refractivity contribution in [1.82, 2.24) is 4.90 Å². The maximum Gasteiger partial charge on any atom is 0.0307 e. The normalized spacial score (nSPS) is 29.4. The highest BCUT2D eigenvalue weighted by Gasteiger charge is 2.35. The third-order valence-electron chi connectivity index (χ3n) is 4.79. The van der Waals surface area contributed by atoms with Crippen LogP contribution in [0.4, 0.5) is 0 Å². The van der Waals surface area contributed by atoms with Gasteiger partial charge in [0, 0.05) is 19.1 Å². The molecule has 2 heteroatoms. The van der Waals surface area contributed by atoms with Crippen molar-refractivity contribution in [3.8, 4) is 0 Å². The highest BCUT2D eigenvalue weighted by molar-refractivity contribution is 5.18. The van der Waals surface area contributed by atoms with Crippen LogP contribution in [0, 0.1) is 11.8 Å². The van der Waals surface area contributed by atoms with Crippen LogP contribution in [0.3, 0.4) is 0 Å². The molecule has 3 rings (SSSR count). The van der Waals surface area contributed by atoms with Crippen LogP contribution in [0.5, 0.6) is 0 Å². The van der Waals surface area contributed by atoms with E-state index in [1.165, 1.54) is 44.5 Å². The average molecular weight is 244 g/mol. The highest BCUT2D eigenvalue weighted by Crippen LogP contribution is 2.37. The molecule has 2 nitrogen and oxygen atoms in total. The van der Waals surface area contributed by atoms with Gasteiger partial charge in [-0.3, -0.25) is 0 Å². The number of hydrogen-bond acceptors (Lipinski definition) is 2. The van der Waals surface area contributed by atoms with Gasteiger partial charge < -0.3 is 10.6 Å². The Hall–Kier alpha value is -0.860. The number of likely N-dealkylation sites (tertiary alicyclic amines) is 1. The van der Waals surface area contributed by atoms with Crippen LogP contribution < -0.4 is 5.73 Å². The lowest BCUT2D eigenvalue weighted by Crippen LogP contribution is -2.26. The van der Waals surface area contributed by atoms with Crippen LogP contribution in [0.15, 0.2) is 30.3 Å². The number of nitrogens with two attached hydrogens (primary N) is 1. The predicted molar refractivity (Wildman–Crippen MR) is 75.3 cm³/mol. The monoisotopic (exact) mass is 244 g/mol. The lowest BCUT2D eigenvalue weighted by molar-refractivity contribution is 0.298. The van der Waals surface area contributed by atoms with Gasteiger partial charge in [-0.2, -0.15) is 0 Å². The van der Waals surface area contributed by atoms with Crippen LogP contribution in [0.2, 0.25) is 0 Å². The van der Waals surface area contributed by atoms with E-state index >= 15 is 0 Å². The van der Waals surface area contributed by atoms with Crippen molar-refractivity contribution in [2.24, 2.45) is 17.6 Å². The Morgan fingerprint density at radius 1 is 1.11 bits per heavy atom. The van der Waals surface area contributed by atoms with Gasteiger partial charge in [0.2, 0.25) is 0 Å². The summed E-state index contributed by atoms with van der Waals surface area (Å²) < 4.78 is 0. The fourth-order valence-corrected chi connectivity index (χ4v) is 3.70. The summed E-state index contributed by atoms with van der Waals surface area (Å²) in [6, 6.07) is 10.7. The van der Waals surface area contributed by atoms with E-state index in [1.807, 2.05) is 0 Å². The smallest absolute Gasteiger partial charge is 0.0307 e. The van der Waals surface area contributed by atoms with Gasteiger partial charge in [0.05, 0.1) is 0 Å². The van der Waals surface area contributed by atoms with E-state index in [9.17, 15) is 0 Å². The van der Waals surface area contributed by atoms with Gasteiger partial charge in [0.1, 0.15) is 0 Å². The van der Waals surface area contributed by atoms with Gasteiger partial charge in [0.25, 0.3) is 0 Å². The molecule has 1 saturated heterocycles. The van der Waals surface area contributed by atoms with Crippen molar-refractivity contribution >= 4 is 0 Å². The molecule has 2 aliphatic rings. The van der Waals surface area contributed by atoms with E-state index in [0.29, 0.717) is 0 Å². The Kier molecular flexibility index (Phi) is 3.67. The average Bonchev–Trinajstić information content (AvgIpc) is 2.97. The molecule has 1 heterocycles. The van der Waals surface area contributed by atoms with E-state index in [4.69, 9.17) is 5.73 Å². The van der Waals surface area contributed by atoms with Gasteiger partial charge >= 0.3 is 0 Å². The number of hydrogen-bond donors (Lipinski definition) is 1. The Labute approximate surface area is 110 Å². The van der Waals surface area contributed by atoms with Crippen molar-refractivity contribution in [1.29, 1.82) is 0 Å². The first kappa shape index (κ1) is 12.2. The quantitative estimate of drug-likeness (QED) is 0.882. The van der Waals surface area contributed by atoms with Gasteiger partial charge in [-0.1, -0.05) is 36.8 Å². The maximum absolute atomic E-state index is 6.26. The minimum Gasteiger partial charge on any atom is -0.324 e. The molecule has 1 aromatic carbocycles. The molecule has 3 unspecified atom stereocenters. The van der Waals surface area contributed by atoms with Gasteiger partial charge in [-0.15, -0.1) is 0 Å². The standard InChI is InChI=1S/C16H24N2/c17-16(13-5-2-1-3-6-13)9-10-18-11-14-7-4-8-15(14)12-18/h1-3,5-6,14-16H,4,7-12,17H2. The summed E-state index contributed by atoms with van der Waals surface area (Å²) >= 11 is 0. The number of nitrogens with zero attached hydrogens (tertiary/aromatic N) is 1. The van der Waals surface area contributed by atoms with Crippen LogP contribution in [-0.2, 0) is 0 Å². The third kappa shape index (κ3) is 2.60. The SMILES string of the molecule is NC(CCN1CC2CCCC2C1)c1ccccc1. The van der Waals surface area contributed by atoms with Gasteiger partial charge in [-0.05, 0) is 43.2 Å². The minimum absolute atomic E-state index is 0.201. The van der Waals surface area contributed by atoms with E-state index in [2.05, 4.69) is 35.2 Å². The summed E-state index contributed by atoms with van der Waals surface area (Å²) in [4.78, 5) is 2.64. The molecule has 18 heavy (non-hydrogen) atoms. The fraction of sp³-hybridized carbons (Fsp3) is 0.625. The van der Waals surface area contributed by atoms with E-state index in [-0.39, 0.29) is 6.04 Å². The van der Waals surface area contributed by atoms with Crippen molar-refractivity contribution < 1.29 is 0 Å². The van der Waals surface area contributed by atoms with Crippen molar-refractivity contribution in [2.75, 3.05) is 19.6 Å². The van der Waals surface area contributed by atoms with Gasteiger partial charge in [0.15, 0.2) is 0 Å². The third-order valence-corrected chi connectivity index (χ3v) is 4.79. The van der Waals surface area contributed by atoms with Crippen LogP contribution in [-0.4, -0.2) is 24.5 Å². The molecular formula is C16H24N2.